The molecule has 0 amide bonds. The van der Waals surface area contributed by atoms with Crippen LogP contribution in [0, 0.1) is 17.3 Å². The molecule has 0 radical (unpaired) electrons. The second-order valence-corrected chi connectivity index (χ2v) is 11.2. The number of allylic oxidation sites excluding steroid dienone is 1. The van der Waals surface area contributed by atoms with Crippen molar-refractivity contribution < 1.29 is 9.47 Å². The van der Waals surface area contributed by atoms with E-state index >= 15 is 0 Å². The second-order valence-electron chi connectivity index (χ2n) is 9.36. The van der Waals surface area contributed by atoms with Crippen LogP contribution in [0.25, 0.3) is 0 Å². The van der Waals surface area contributed by atoms with Gasteiger partial charge in [-0.2, -0.15) is 16.9 Å². The molecule has 0 spiro atoms. The SMILES string of the molecule is CC1(C)[C@H]2CC=C(CSC[C@H]3CO[C@@](Cn4cncn4)(c4ccc(Cl)cc4Cl)O3)[C@@H]1C2. The summed E-state index contributed by atoms with van der Waals surface area (Å²) in [5.41, 5.74) is 2.85. The Morgan fingerprint density at radius 1 is 1.29 bits per heavy atom. The summed E-state index contributed by atoms with van der Waals surface area (Å²) in [4.78, 5) is 4.04. The van der Waals surface area contributed by atoms with Gasteiger partial charge >= 0.3 is 0 Å². The predicted octanol–water partition coefficient (Wildman–Crippen LogP) is 5.58. The molecule has 3 aliphatic carbocycles. The fraction of sp³-hybridized carbons (Fsp3) is 0.565. The molecular formula is C23H27Cl2N3O2S. The van der Waals surface area contributed by atoms with E-state index in [1.807, 2.05) is 23.9 Å². The minimum Gasteiger partial charge on any atom is -0.342 e. The van der Waals surface area contributed by atoms with Gasteiger partial charge in [0.2, 0.25) is 5.79 Å². The molecule has 0 N–H and O–H groups in total. The number of thioether (sulfide) groups is 1. The highest BCUT2D eigenvalue weighted by atomic mass is 35.5. The molecule has 2 aromatic rings. The summed E-state index contributed by atoms with van der Waals surface area (Å²) in [6, 6.07) is 5.41. The number of benzene rings is 1. The Morgan fingerprint density at radius 3 is 2.87 bits per heavy atom. The van der Waals surface area contributed by atoms with E-state index in [9.17, 15) is 0 Å². The van der Waals surface area contributed by atoms with Gasteiger partial charge in [-0.05, 0) is 42.2 Å². The molecule has 1 aromatic carbocycles. The Morgan fingerprint density at radius 2 is 2.16 bits per heavy atom. The minimum atomic E-state index is -1.01. The second kappa shape index (κ2) is 8.38. The van der Waals surface area contributed by atoms with Crippen molar-refractivity contribution in [3.8, 4) is 0 Å². The number of nitrogens with zero attached hydrogens (tertiary/aromatic N) is 3. The molecule has 2 heterocycles. The first kappa shape index (κ1) is 21.8. The molecule has 4 aliphatic rings. The van der Waals surface area contributed by atoms with Crippen LogP contribution < -0.4 is 0 Å². The van der Waals surface area contributed by atoms with Crippen molar-refractivity contribution in [3.63, 3.8) is 0 Å². The number of halogens is 2. The van der Waals surface area contributed by atoms with Crippen LogP contribution in [-0.2, 0) is 21.8 Å². The first-order chi connectivity index (χ1) is 14.9. The van der Waals surface area contributed by atoms with Crippen LogP contribution in [0.5, 0.6) is 0 Å². The van der Waals surface area contributed by atoms with Crippen LogP contribution in [0.1, 0.15) is 32.3 Å². The number of rotatable bonds is 7. The molecule has 1 saturated carbocycles. The number of aromatic nitrogens is 3. The maximum absolute atomic E-state index is 6.54. The Kier molecular flexibility index (Phi) is 5.89. The molecule has 166 valence electrons. The van der Waals surface area contributed by atoms with Crippen molar-refractivity contribution in [1.82, 2.24) is 14.8 Å². The van der Waals surface area contributed by atoms with E-state index in [0.717, 1.165) is 28.9 Å². The zero-order valence-electron chi connectivity index (χ0n) is 17.8. The molecule has 8 heteroatoms. The Hall–Kier alpha value is -1.05. The lowest BCUT2D eigenvalue weighted by molar-refractivity contribution is -0.186. The molecule has 1 aliphatic heterocycles. The molecule has 31 heavy (non-hydrogen) atoms. The van der Waals surface area contributed by atoms with Gasteiger partial charge in [0, 0.05) is 22.1 Å². The molecule has 0 unspecified atom stereocenters. The third kappa shape index (κ3) is 4.06. The van der Waals surface area contributed by atoms with E-state index in [1.54, 1.807) is 22.6 Å². The van der Waals surface area contributed by atoms with E-state index in [1.165, 1.54) is 19.2 Å². The molecule has 2 fully saturated rings. The maximum atomic E-state index is 6.54. The third-order valence-corrected chi connectivity index (χ3v) is 8.89. The average molecular weight is 480 g/mol. The summed E-state index contributed by atoms with van der Waals surface area (Å²) >= 11 is 14.6. The summed E-state index contributed by atoms with van der Waals surface area (Å²) in [6.07, 6.45) is 8.21. The van der Waals surface area contributed by atoms with Gasteiger partial charge in [-0.15, -0.1) is 0 Å². The van der Waals surface area contributed by atoms with Gasteiger partial charge in [0.05, 0.1) is 17.7 Å². The molecule has 6 rings (SSSR count). The summed E-state index contributed by atoms with van der Waals surface area (Å²) in [7, 11) is 0. The van der Waals surface area contributed by atoms with Crippen molar-refractivity contribution >= 4 is 35.0 Å². The van der Waals surface area contributed by atoms with E-state index in [-0.39, 0.29) is 6.10 Å². The van der Waals surface area contributed by atoms with E-state index < -0.39 is 5.79 Å². The van der Waals surface area contributed by atoms with Crippen LogP contribution in [0.2, 0.25) is 10.0 Å². The van der Waals surface area contributed by atoms with Gasteiger partial charge in [-0.3, -0.25) is 0 Å². The molecular weight excluding hydrogens is 453 g/mol. The van der Waals surface area contributed by atoms with Crippen LogP contribution in [0.4, 0.5) is 0 Å². The highest BCUT2D eigenvalue weighted by molar-refractivity contribution is 7.99. The minimum absolute atomic E-state index is 0.0217. The van der Waals surface area contributed by atoms with Crippen molar-refractivity contribution in [2.75, 3.05) is 18.1 Å². The van der Waals surface area contributed by atoms with Crippen molar-refractivity contribution in [2.24, 2.45) is 17.3 Å². The van der Waals surface area contributed by atoms with Crippen LogP contribution in [-0.4, -0.2) is 39.0 Å². The zero-order chi connectivity index (χ0) is 21.6. The number of fused-ring (bicyclic) bond motifs is 1. The summed E-state index contributed by atoms with van der Waals surface area (Å²) in [6.45, 7) is 5.73. The standard InChI is InChI=1S/C23H27Cl2N3O2S/c1-22(2)16-4-3-15(20(22)7-16)10-31-11-18-9-29-23(30-18,12-28-14-26-13-27-28)19-6-5-17(24)8-21(19)25/h3,5-6,8,13-14,16,18,20H,4,7,9-12H2,1-2H3/t16-,18+,20-,23+/m0/s1. The number of hydrogen-bond acceptors (Lipinski definition) is 5. The van der Waals surface area contributed by atoms with Crippen LogP contribution in [0.3, 0.4) is 0 Å². The van der Waals surface area contributed by atoms with Crippen LogP contribution >= 0.6 is 35.0 Å². The van der Waals surface area contributed by atoms with Crippen LogP contribution in [0.15, 0.2) is 42.5 Å². The highest BCUT2D eigenvalue weighted by Gasteiger charge is 2.51. The van der Waals surface area contributed by atoms with Gasteiger partial charge in [0.15, 0.2) is 0 Å². The van der Waals surface area contributed by atoms with E-state index in [4.69, 9.17) is 32.7 Å². The topological polar surface area (TPSA) is 49.2 Å². The maximum Gasteiger partial charge on any atom is 0.217 e. The van der Waals surface area contributed by atoms with Gasteiger partial charge < -0.3 is 9.47 Å². The van der Waals surface area contributed by atoms with E-state index in [2.05, 4.69) is 30.0 Å². The zero-order valence-corrected chi connectivity index (χ0v) is 20.1. The fourth-order valence-electron chi connectivity index (χ4n) is 5.23. The first-order valence-electron chi connectivity index (χ1n) is 10.7. The lowest BCUT2D eigenvalue weighted by atomic mass is 9.49. The van der Waals surface area contributed by atoms with Gasteiger partial charge in [0.25, 0.3) is 0 Å². The Labute approximate surface area is 197 Å². The lowest BCUT2D eigenvalue weighted by Gasteiger charge is -2.56. The summed E-state index contributed by atoms with van der Waals surface area (Å²) < 4.78 is 14.5. The number of hydrogen-bond donors (Lipinski definition) is 0. The van der Waals surface area contributed by atoms with Crippen molar-refractivity contribution in [2.45, 2.75) is 45.1 Å². The molecule has 4 atom stereocenters. The Balaban J connectivity index is 1.26. The Bertz CT molecular complexity index is 981. The predicted molar refractivity (Wildman–Crippen MR) is 124 cm³/mol. The fourth-order valence-corrected chi connectivity index (χ4v) is 6.88. The van der Waals surface area contributed by atoms with Gasteiger partial charge in [-0.1, -0.05) is 54.8 Å². The molecule has 1 saturated heterocycles. The highest BCUT2D eigenvalue weighted by Crippen LogP contribution is 2.59. The smallest absolute Gasteiger partial charge is 0.217 e. The first-order valence-corrected chi connectivity index (χ1v) is 12.6. The summed E-state index contributed by atoms with van der Waals surface area (Å²) in [5, 5.41) is 5.34. The molecule has 1 aromatic heterocycles. The monoisotopic (exact) mass is 479 g/mol. The quantitative estimate of drug-likeness (QED) is 0.485. The van der Waals surface area contributed by atoms with Gasteiger partial charge in [-0.25, -0.2) is 9.67 Å². The largest absolute Gasteiger partial charge is 0.342 e. The molecule has 2 bridgehead atoms. The average Bonchev–Trinajstić information content (AvgIpc) is 3.39. The van der Waals surface area contributed by atoms with Gasteiger partial charge in [0.1, 0.15) is 19.2 Å². The molecule has 5 nitrogen and oxygen atoms in total. The van der Waals surface area contributed by atoms with E-state index in [0.29, 0.717) is 28.6 Å². The third-order valence-electron chi connectivity index (χ3n) is 7.19. The van der Waals surface area contributed by atoms with Crippen molar-refractivity contribution in [3.05, 3.63) is 58.1 Å². The lowest BCUT2D eigenvalue weighted by Crippen LogP contribution is -2.48. The normalized spacial score (nSPS) is 31.4. The van der Waals surface area contributed by atoms with Crippen molar-refractivity contribution in [1.29, 1.82) is 0 Å². The number of ether oxygens (including phenoxy) is 2. The summed E-state index contributed by atoms with van der Waals surface area (Å²) in [5.74, 6) is 2.56.